The first kappa shape index (κ1) is 20.2. The molecule has 1 aromatic rings. The Hall–Kier alpha value is -1.87. The number of alkyl halides is 3. The standard InChI is InChI=1S/C15H18F3NO4S/c1-3-19(4-2)24(21,22)13-8-5-12(6-9-13)7-10-14(20)23-11-15(16,17)18/h5-10H,3-4,11H2,1-2H3/b10-7+. The van der Waals surface area contributed by atoms with Crippen molar-refractivity contribution in [3.05, 3.63) is 35.9 Å². The van der Waals surface area contributed by atoms with Crippen molar-refractivity contribution >= 4 is 22.1 Å². The molecular weight excluding hydrogens is 347 g/mol. The van der Waals surface area contributed by atoms with E-state index >= 15 is 0 Å². The van der Waals surface area contributed by atoms with E-state index < -0.39 is 28.8 Å². The molecule has 0 N–H and O–H groups in total. The van der Waals surface area contributed by atoms with Crippen molar-refractivity contribution in [2.75, 3.05) is 19.7 Å². The predicted molar refractivity (Wildman–Crippen MR) is 82.6 cm³/mol. The fourth-order valence-electron chi connectivity index (χ4n) is 1.83. The van der Waals surface area contributed by atoms with E-state index in [1.807, 2.05) is 0 Å². The monoisotopic (exact) mass is 365 g/mol. The molecule has 0 fully saturated rings. The van der Waals surface area contributed by atoms with E-state index in [9.17, 15) is 26.4 Å². The SMILES string of the molecule is CCN(CC)S(=O)(=O)c1ccc(/C=C/C(=O)OCC(F)(F)F)cc1. The Morgan fingerprint density at radius 2 is 1.71 bits per heavy atom. The van der Waals surface area contributed by atoms with E-state index in [1.54, 1.807) is 13.8 Å². The van der Waals surface area contributed by atoms with Crippen LogP contribution in [0.15, 0.2) is 35.2 Å². The van der Waals surface area contributed by atoms with E-state index in [0.29, 0.717) is 18.7 Å². The summed E-state index contributed by atoms with van der Waals surface area (Å²) >= 11 is 0. The number of halogens is 3. The Morgan fingerprint density at radius 1 is 1.17 bits per heavy atom. The third-order valence-electron chi connectivity index (χ3n) is 3.01. The first-order chi connectivity index (χ1) is 11.1. The quantitative estimate of drug-likeness (QED) is 0.551. The molecule has 1 rings (SSSR count). The van der Waals surface area contributed by atoms with Crippen LogP contribution < -0.4 is 0 Å². The highest BCUT2D eigenvalue weighted by molar-refractivity contribution is 7.89. The lowest BCUT2D eigenvalue weighted by Crippen LogP contribution is -2.30. The van der Waals surface area contributed by atoms with Gasteiger partial charge in [-0.25, -0.2) is 13.2 Å². The molecule has 0 unspecified atom stereocenters. The van der Waals surface area contributed by atoms with Crippen LogP contribution >= 0.6 is 0 Å². The van der Waals surface area contributed by atoms with Gasteiger partial charge in [-0.3, -0.25) is 0 Å². The van der Waals surface area contributed by atoms with Crippen molar-refractivity contribution in [2.24, 2.45) is 0 Å². The van der Waals surface area contributed by atoms with Crippen LogP contribution in [0.3, 0.4) is 0 Å². The third kappa shape index (κ3) is 5.97. The molecule has 5 nitrogen and oxygen atoms in total. The smallest absolute Gasteiger partial charge is 0.422 e. The van der Waals surface area contributed by atoms with E-state index in [0.717, 1.165) is 6.08 Å². The second-order valence-corrected chi connectivity index (χ2v) is 6.65. The molecule has 134 valence electrons. The number of benzene rings is 1. The Kier molecular flexibility index (Phi) is 6.97. The lowest BCUT2D eigenvalue weighted by molar-refractivity contribution is -0.182. The fraction of sp³-hybridized carbons (Fsp3) is 0.400. The van der Waals surface area contributed by atoms with Gasteiger partial charge in [0.1, 0.15) is 0 Å². The summed E-state index contributed by atoms with van der Waals surface area (Å²) in [6.45, 7) is 2.48. The molecule has 0 amide bonds. The van der Waals surface area contributed by atoms with Crippen molar-refractivity contribution < 1.29 is 31.1 Å². The molecule has 0 aromatic heterocycles. The average molecular weight is 365 g/mol. The number of hydrogen-bond acceptors (Lipinski definition) is 4. The minimum absolute atomic E-state index is 0.1000. The molecule has 0 bridgehead atoms. The molecule has 0 saturated carbocycles. The Morgan fingerprint density at radius 3 is 2.17 bits per heavy atom. The van der Waals surface area contributed by atoms with Crippen molar-refractivity contribution in [1.29, 1.82) is 0 Å². The summed E-state index contributed by atoms with van der Waals surface area (Å²) in [5.74, 6) is -1.13. The number of sulfonamides is 1. The fourth-order valence-corrected chi connectivity index (χ4v) is 3.29. The maximum atomic E-state index is 12.3. The van der Waals surface area contributed by atoms with Crippen LogP contribution in [-0.4, -0.2) is 44.6 Å². The van der Waals surface area contributed by atoms with Gasteiger partial charge in [0.05, 0.1) is 4.90 Å². The van der Waals surface area contributed by atoms with Crippen molar-refractivity contribution in [3.8, 4) is 0 Å². The molecule has 9 heteroatoms. The first-order valence-electron chi connectivity index (χ1n) is 7.12. The van der Waals surface area contributed by atoms with Crippen molar-refractivity contribution in [3.63, 3.8) is 0 Å². The van der Waals surface area contributed by atoms with Gasteiger partial charge < -0.3 is 4.74 Å². The van der Waals surface area contributed by atoms with Gasteiger partial charge in [-0.1, -0.05) is 26.0 Å². The number of carbonyl (C=O) groups excluding carboxylic acids is 1. The molecule has 0 heterocycles. The zero-order valence-corrected chi connectivity index (χ0v) is 14.0. The molecule has 0 aliphatic carbocycles. The Labute approximate surface area is 138 Å². The molecule has 0 radical (unpaired) electrons. The van der Waals surface area contributed by atoms with Gasteiger partial charge in [-0.2, -0.15) is 17.5 Å². The average Bonchev–Trinajstić information content (AvgIpc) is 2.51. The molecule has 0 aliphatic heterocycles. The van der Waals surface area contributed by atoms with Crippen LogP contribution in [-0.2, 0) is 19.6 Å². The number of carbonyl (C=O) groups is 1. The highest BCUT2D eigenvalue weighted by Gasteiger charge is 2.29. The third-order valence-corrected chi connectivity index (χ3v) is 5.08. The van der Waals surface area contributed by atoms with E-state index in [-0.39, 0.29) is 4.90 Å². The summed E-state index contributed by atoms with van der Waals surface area (Å²) < 4.78 is 65.6. The van der Waals surface area contributed by atoms with Gasteiger partial charge in [-0.05, 0) is 23.8 Å². The summed E-state index contributed by atoms with van der Waals surface area (Å²) in [5, 5.41) is 0. The normalized spacial score (nSPS) is 12.8. The maximum absolute atomic E-state index is 12.3. The van der Waals surface area contributed by atoms with Crippen LogP contribution in [0.4, 0.5) is 13.2 Å². The molecule has 0 saturated heterocycles. The summed E-state index contributed by atoms with van der Waals surface area (Å²) in [5.41, 5.74) is 0.456. The molecular formula is C15H18F3NO4S. The second-order valence-electron chi connectivity index (χ2n) is 4.71. The highest BCUT2D eigenvalue weighted by atomic mass is 32.2. The van der Waals surface area contributed by atoms with Crippen LogP contribution in [0.5, 0.6) is 0 Å². The van der Waals surface area contributed by atoms with Crippen LogP contribution in [0, 0.1) is 0 Å². The zero-order chi connectivity index (χ0) is 18.4. The number of esters is 1. The predicted octanol–water partition coefficient (Wildman–Crippen LogP) is 2.84. The van der Waals surface area contributed by atoms with Gasteiger partial charge in [-0.15, -0.1) is 0 Å². The first-order valence-corrected chi connectivity index (χ1v) is 8.56. The summed E-state index contributed by atoms with van der Waals surface area (Å²) in [4.78, 5) is 11.2. The number of rotatable bonds is 7. The largest absolute Gasteiger partial charge is 0.453 e. The van der Waals surface area contributed by atoms with Gasteiger partial charge >= 0.3 is 12.1 Å². The Bertz CT molecular complexity index is 678. The zero-order valence-electron chi connectivity index (χ0n) is 13.2. The number of ether oxygens (including phenoxy) is 1. The lowest BCUT2D eigenvalue weighted by atomic mass is 10.2. The molecule has 0 atom stereocenters. The van der Waals surface area contributed by atoms with E-state index in [1.165, 1.54) is 34.6 Å². The van der Waals surface area contributed by atoms with Gasteiger partial charge in [0, 0.05) is 19.2 Å². The van der Waals surface area contributed by atoms with Gasteiger partial charge in [0.15, 0.2) is 6.61 Å². The van der Waals surface area contributed by atoms with Crippen LogP contribution in [0.1, 0.15) is 19.4 Å². The summed E-state index contributed by atoms with van der Waals surface area (Å²) in [7, 11) is -3.58. The maximum Gasteiger partial charge on any atom is 0.422 e. The van der Waals surface area contributed by atoms with Crippen LogP contribution in [0.2, 0.25) is 0 Å². The van der Waals surface area contributed by atoms with Crippen molar-refractivity contribution in [2.45, 2.75) is 24.9 Å². The second kappa shape index (κ2) is 8.29. The topological polar surface area (TPSA) is 63.7 Å². The summed E-state index contributed by atoms with van der Waals surface area (Å²) in [6.07, 6.45) is -2.49. The van der Waals surface area contributed by atoms with Gasteiger partial charge in [0.25, 0.3) is 0 Å². The van der Waals surface area contributed by atoms with Crippen molar-refractivity contribution in [1.82, 2.24) is 4.31 Å². The number of hydrogen-bond donors (Lipinski definition) is 0. The molecule has 24 heavy (non-hydrogen) atoms. The van der Waals surface area contributed by atoms with Crippen LogP contribution in [0.25, 0.3) is 6.08 Å². The highest BCUT2D eigenvalue weighted by Crippen LogP contribution is 2.17. The van der Waals surface area contributed by atoms with E-state index in [2.05, 4.69) is 4.74 Å². The molecule has 0 aliphatic rings. The van der Waals surface area contributed by atoms with E-state index in [4.69, 9.17) is 0 Å². The molecule has 1 aromatic carbocycles. The number of nitrogens with zero attached hydrogens (tertiary/aromatic N) is 1. The minimum atomic E-state index is -4.58. The molecule has 0 spiro atoms. The summed E-state index contributed by atoms with van der Waals surface area (Å²) in [6, 6.07) is 5.64. The lowest BCUT2D eigenvalue weighted by Gasteiger charge is -2.18. The Balaban J connectivity index is 2.78. The minimum Gasteiger partial charge on any atom is -0.453 e. The van der Waals surface area contributed by atoms with Gasteiger partial charge in [0.2, 0.25) is 10.0 Å².